The van der Waals surface area contributed by atoms with E-state index in [1.807, 2.05) is 30.3 Å². The van der Waals surface area contributed by atoms with Gasteiger partial charge in [-0.2, -0.15) is 0 Å². The Balaban J connectivity index is 2.34. The molecule has 0 radical (unpaired) electrons. The first-order valence-electron chi connectivity index (χ1n) is 6.07. The zero-order chi connectivity index (χ0) is 14.1. The maximum absolute atomic E-state index is 13.5. The minimum absolute atomic E-state index is 0.263. The van der Waals surface area contributed by atoms with E-state index in [-0.39, 0.29) is 5.82 Å². The number of pyridine rings is 1. The van der Waals surface area contributed by atoms with Crippen LogP contribution in [-0.2, 0) is 0 Å². The summed E-state index contributed by atoms with van der Waals surface area (Å²) < 4.78 is 19.6. The highest BCUT2D eigenvalue weighted by Gasteiger charge is 2.09. The summed E-state index contributed by atoms with van der Waals surface area (Å²) >= 11 is 3.46. The van der Waals surface area contributed by atoms with Crippen LogP contribution < -0.4 is 4.74 Å². The summed E-state index contributed by atoms with van der Waals surface area (Å²) in [5.74, 6) is 0.250. The normalized spacial score (nSPS) is 10.8. The quantitative estimate of drug-likeness (QED) is 0.672. The zero-order valence-corrected chi connectivity index (χ0v) is 12.3. The molecule has 20 heavy (non-hydrogen) atoms. The van der Waals surface area contributed by atoms with Gasteiger partial charge in [0.15, 0.2) is 0 Å². The third kappa shape index (κ3) is 2.39. The van der Waals surface area contributed by atoms with Crippen molar-refractivity contribution in [3.05, 3.63) is 58.8 Å². The highest BCUT2D eigenvalue weighted by Crippen LogP contribution is 2.32. The molecule has 0 atom stereocenters. The molecular formula is C16H11BrFNO. The lowest BCUT2D eigenvalue weighted by Gasteiger charge is -2.10. The molecule has 0 saturated heterocycles. The fourth-order valence-electron chi connectivity index (χ4n) is 2.17. The number of hydrogen-bond donors (Lipinski definition) is 0. The standard InChI is InChI=1S/C16H11BrFNO/c1-20-16-9-13(10-3-2-4-12(18)7-10)14-8-11(17)5-6-15(14)19-16/h2-9H,1H3. The molecule has 0 fully saturated rings. The van der Waals surface area contributed by atoms with Gasteiger partial charge in [-0.3, -0.25) is 0 Å². The van der Waals surface area contributed by atoms with E-state index in [9.17, 15) is 4.39 Å². The lowest BCUT2D eigenvalue weighted by molar-refractivity contribution is 0.400. The van der Waals surface area contributed by atoms with Gasteiger partial charge in [0, 0.05) is 15.9 Å². The molecule has 1 heterocycles. The van der Waals surface area contributed by atoms with Crippen molar-refractivity contribution >= 4 is 26.8 Å². The highest BCUT2D eigenvalue weighted by atomic mass is 79.9. The first kappa shape index (κ1) is 13.1. The average molecular weight is 332 g/mol. The van der Waals surface area contributed by atoms with E-state index in [4.69, 9.17) is 4.74 Å². The van der Waals surface area contributed by atoms with Gasteiger partial charge in [0.25, 0.3) is 0 Å². The van der Waals surface area contributed by atoms with Crippen molar-refractivity contribution in [1.82, 2.24) is 4.98 Å². The number of aromatic nitrogens is 1. The highest BCUT2D eigenvalue weighted by molar-refractivity contribution is 9.10. The summed E-state index contributed by atoms with van der Waals surface area (Å²) in [5, 5.41) is 0.950. The second-order valence-electron chi connectivity index (χ2n) is 4.38. The van der Waals surface area contributed by atoms with Crippen LogP contribution in [0.4, 0.5) is 4.39 Å². The van der Waals surface area contributed by atoms with Crippen molar-refractivity contribution in [1.29, 1.82) is 0 Å². The van der Waals surface area contributed by atoms with Crippen molar-refractivity contribution in [2.24, 2.45) is 0 Å². The van der Waals surface area contributed by atoms with Gasteiger partial charge in [-0.15, -0.1) is 0 Å². The van der Waals surface area contributed by atoms with Crippen LogP contribution in [0, 0.1) is 5.82 Å². The molecule has 3 aromatic rings. The van der Waals surface area contributed by atoms with Crippen LogP contribution in [0.3, 0.4) is 0 Å². The molecule has 0 spiro atoms. The van der Waals surface area contributed by atoms with Crippen molar-refractivity contribution in [3.63, 3.8) is 0 Å². The van der Waals surface area contributed by atoms with Crippen LogP contribution in [0.15, 0.2) is 53.0 Å². The van der Waals surface area contributed by atoms with Gasteiger partial charge in [0.1, 0.15) is 5.82 Å². The topological polar surface area (TPSA) is 22.1 Å². The van der Waals surface area contributed by atoms with Crippen LogP contribution >= 0.6 is 15.9 Å². The number of halogens is 2. The third-order valence-corrected chi connectivity index (χ3v) is 3.59. The molecule has 0 N–H and O–H groups in total. The van der Waals surface area contributed by atoms with Crippen molar-refractivity contribution in [2.45, 2.75) is 0 Å². The molecular weight excluding hydrogens is 321 g/mol. The number of methoxy groups -OCH3 is 1. The Bertz CT molecular complexity index is 789. The van der Waals surface area contributed by atoms with Gasteiger partial charge in [-0.1, -0.05) is 28.1 Å². The van der Waals surface area contributed by atoms with Gasteiger partial charge in [0.2, 0.25) is 5.88 Å². The summed E-state index contributed by atoms with van der Waals surface area (Å²) in [6, 6.07) is 14.1. The Morgan fingerprint density at radius 1 is 1.10 bits per heavy atom. The van der Waals surface area contributed by atoms with Gasteiger partial charge in [0.05, 0.1) is 12.6 Å². The fraction of sp³-hybridized carbons (Fsp3) is 0.0625. The maximum atomic E-state index is 13.5. The Hall–Kier alpha value is -1.94. The average Bonchev–Trinajstić information content (AvgIpc) is 2.46. The number of hydrogen-bond acceptors (Lipinski definition) is 2. The number of fused-ring (bicyclic) bond motifs is 1. The van der Waals surface area contributed by atoms with Crippen LogP contribution in [-0.4, -0.2) is 12.1 Å². The van der Waals surface area contributed by atoms with Gasteiger partial charge >= 0.3 is 0 Å². The molecule has 0 bridgehead atoms. The van der Waals surface area contributed by atoms with Crippen molar-refractivity contribution in [2.75, 3.05) is 7.11 Å². The zero-order valence-electron chi connectivity index (χ0n) is 10.7. The lowest BCUT2D eigenvalue weighted by Crippen LogP contribution is -1.91. The maximum Gasteiger partial charge on any atom is 0.214 e. The monoisotopic (exact) mass is 331 g/mol. The molecule has 3 rings (SSSR count). The molecule has 1 aromatic heterocycles. The molecule has 0 aliphatic carbocycles. The minimum Gasteiger partial charge on any atom is -0.481 e. The first-order chi connectivity index (χ1) is 9.67. The van der Waals surface area contributed by atoms with E-state index in [1.165, 1.54) is 12.1 Å². The summed E-state index contributed by atoms with van der Waals surface area (Å²) in [6.45, 7) is 0. The van der Waals surface area contributed by atoms with Gasteiger partial charge < -0.3 is 4.74 Å². The minimum atomic E-state index is -0.263. The van der Waals surface area contributed by atoms with Crippen LogP contribution in [0.2, 0.25) is 0 Å². The molecule has 0 aliphatic heterocycles. The Kier molecular flexibility index (Phi) is 3.40. The second kappa shape index (κ2) is 5.21. The number of benzene rings is 2. The summed E-state index contributed by atoms with van der Waals surface area (Å²) in [4.78, 5) is 4.41. The molecule has 0 saturated carbocycles. The predicted molar refractivity (Wildman–Crippen MR) is 81.4 cm³/mol. The molecule has 0 aliphatic rings. The molecule has 2 nitrogen and oxygen atoms in total. The molecule has 4 heteroatoms. The van der Waals surface area contributed by atoms with Gasteiger partial charge in [-0.25, -0.2) is 9.37 Å². The van der Waals surface area contributed by atoms with E-state index in [2.05, 4.69) is 20.9 Å². The smallest absolute Gasteiger partial charge is 0.214 e. The molecule has 2 aromatic carbocycles. The lowest BCUT2D eigenvalue weighted by atomic mass is 10.0. The number of nitrogens with zero attached hydrogens (tertiary/aromatic N) is 1. The Morgan fingerprint density at radius 3 is 2.70 bits per heavy atom. The molecule has 0 amide bonds. The second-order valence-corrected chi connectivity index (χ2v) is 5.30. The van der Waals surface area contributed by atoms with Crippen LogP contribution in [0.1, 0.15) is 0 Å². The van der Waals surface area contributed by atoms with Gasteiger partial charge in [-0.05, 0) is 41.5 Å². The van der Waals surface area contributed by atoms with Crippen LogP contribution in [0.5, 0.6) is 5.88 Å². The van der Waals surface area contributed by atoms with Crippen molar-refractivity contribution in [3.8, 4) is 17.0 Å². The number of rotatable bonds is 2. The summed E-state index contributed by atoms with van der Waals surface area (Å²) in [7, 11) is 1.57. The first-order valence-corrected chi connectivity index (χ1v) is 6.87. The van der Waals surface area contributed by atoms with E-state index in [0.717, 1.165) is 26.5 Å². The van der Waals surface area contributed by atoms with Crippen LogP contribution in [0.25, 0.3) is 22.0 Å². The van der Waals surface area contributed by atoms with E-state index in [1.54, 1.807) is 13.2 Å². The number of ether oxygens (including phenoxy) is 1. The van der Waals surface area contributed by atoms with E-state index < -0.39 is 0 Å². The Labute approximate surface area is 124 Å². The van der Waals surface area contributed by atoms with E-state index in [0.29, 0.717) is 5.88 Å². The SMILES string of the molecule is COc1cc(-c2cccc(F)c2)c2cc(Br)ccc2n1. The third-order valence-electron chi connectivity index (χ3n) is 3.09. The predicted octanol–water partition coefficient (Wildman–Crippen LogP) is 4.81. The summed E-state index contributed by atoms with van der Waals surface area (Å²) in [5.41, 5.74) is 2.51. The fourth-order valence-corrected chi connectivity index (χ4v) is 2.53. The largest absolute Gasteiger partial charge is 0.481 e. The molecule has 0 unspecified atom stereocenters. The van der Waals surface area contributed by atoms with Crippen molar-refractivity contribution < 1.29 is 9.13 Å². The van der Waals surface area contributed by atoms with E-state index >= 15 is 0 Å². The molecule has 100 valence electrons. The Morgan fingerprint density at radius 2 is 1.95 bits per heavy atom. The summed E-state index contributed by atoms with van der Waals surface area (Å²) in [6.07, 6.45) is 0.